The third kappa shape index (κ3) is 2.98. The molecule has 2 aromatic rings. The number of alkyl halides is 3. The average molecular weight is 279 g/mol. The maximum atomic E-state index is 12.9. The monoisotopic (exact) mass is 279 g/mol. The zero-order chi connectivity index (χ0) is 14.8. The Morgan fingerprint density at radius 3 is 2.50 bits per heavy atom. The molecule has 0 spiro atoms. The second-order valence-electron chi connectivity index (χ2n) is 3.85. The Bertz CT molecular complexity index is 660. The number of hydrogen-bond donors (Lipinski definition) is 1. The summed E-state index contributed by atoms with van der Waals surface area (Å²) < 4.78 is 43.8. The van der Waals surface area contributed by atoms with Crippen LogP contribution in [-0.2, 0) is 6.18 Å². The number of nitrogen functional groups attached to an aromatic ring is 1. The Morgan fingerprint density at radius 2 is 1.95 bits per heavy atom. The number of nitriles is 1. The summed E-state index contributed by atoms with van der Waals surface area (Å²) in [6.07, 6.45) is -3.36. The molecule has 0 fully saturated rings. The van der Waals surface area contributed by atoms with Crippen molar-refractivity contribution in [2.75, 3.05) is 5.73 Å². The predicted octanol–water partition coefficient (Wildman–Crippen LogP) is 3.35. The first kappa shape index (κ1) is 13.7. The van der Waals surface area contributed by atoms with Gasteiger partial charge in [0.2, 0.25) is 5.88 Å². The summed E-state index contributed by atoms with van der Waals surface area (Å²) in [5.74, 6) is -0.442. The molecule has 4 nitrogen and oxygen atoms in total. The number of aromatic nitrogens is 1. The summed E-state index contributed by atoms with van der Waals surface area (Å²) >= 11 is 0. The van der Waals surface area contributed by atoms with E-state index in [9.17, 15) is 13.2 Å². The predicted molar refractivity (Wildman–Crippen MR) is 64.9 cm³/mol. The number of nitrogens with zero attached hydrogens (tertiary/aromatic N) is 2. The van der Waals surface area contributed by atoms with Crippen LogP contribution < -0.4 is 10.5 Å². The van der Waals surface area contributed by atoms with Gasteiger partial charge in [0.05, 0.1) is 29.1 Å². The van der Waals surface area contributed by atoms with E-state index in [0.717, 1.165) is 12.1 Å². The van der Waals surface area contributed by atoms with Gasteiger partial charge in [-0.15, -0.1) is 0 Å². The Labute approximate surface area is 112 Å². The van der Waals surface area contributed by atoms with Gasteiger partial charge in [0, 0.05) is 6.07 Å². The first-order valence-corrected chi connectivity index (χ1v) is 5.41. The lowest BCUT2D eigenvalue weighted by atomic mass is 10.1. The highest BCUT2D eigenvalue weighted by Gasteiger charge is 2.35. The van der Waals surface area contributed by atoms with E-state index in [1.165, 1.54) is 24.4 Å². The van der Waals surface area contributed by atoms with Crippen molar-refractivity contribution in [1.82, 2.24) is 4.98 Å². The molecule has 0 aliphatic rings. The van der Waals surface area contributed by atoms with Crippen LogP contribution in [-0.4, -0.2) is 4.98 Å². The van der Waals surface area contributed by atoms with E-state index in [2.05, 4.69) is 4.98 Å². The molecule has 2 rings (SSSR count). The molecule has 1 aromatic carbocycles. The summed E-state index contributed by atoms with van der Waals surface area (Å²) in [7, 11) is 0. The molecule has 7 heteroatoms. The molecule has 0 aliphatic carbocycles. The fourth-order valence-electron chi connectivity index (χ4n) is 1.47. The van der Waals surface area contributed by atoms with Crippen LogP contribution in [0.4, 0.5) is 18.9 Å². The third-order valence-corrected chi connectivity index (χ3v) is 2.39. The average Bonchev–Trinajstić information content (AvgIpc) is 2.40. The van der Waals surface area contributed by atoms with Gasteiger partial charge in [-0.2, -0.15) is 18.4 Å². The smallest absolute Gasteiger partial charge is 0.420 e. The van der Waals surface area contributed by atoms with Gasteiger partial charge >= 0.3 is 6.18 Å². The van der Waals surface area contributed by atoms with Gasteiger partial charge < -0.3 is 10.5 Å². The minimum absolute atomic E-state index is 0.0191. The minimum atomic E-state index is -4.63. The van der Waals surface area contributed by atoms with E-state index >= 15 is 0 Å². The molecule has 20 heavy (non-hydrogen) atoms. The Kier molecular flexibility index (Phi) is 3.48. The van der Waals surface area contributed by atoms with Crippen molar-refractivity contribution in [3.63, 3.8) is 0 Å². The molecule has 0 radical (unpaired) electrons. The van der Waals surface area contributed by atoms with Crippen molar-refractivity contribution >= 4 is 5.69 Å². The fourth-order valence-corrected chi connectivity index (χ4v) is 1.47. The highest BCUT2D eigenvalue weighted by atomic mass is 19.4. The summed E-state index contributed by atoms with van der Waals surface area (Å²) in [6, 6.07) is 7.51. The van der Waals surface area contributed by atoms with Crippen molar-refractivity contribution < 1.29 is 17.9 Å². The Morgan fingerprint density at radius 1 is 1.20 bits per heavy atom. The number of anilines is 1. The lowest BCUT2D eigenvalue weighted by Gasteiger charge is -2.13. The number of rotatable bonds is 2. The van der Waals surface area contributed by atoms with Crippen LogP contribution in [0.2, 0.25) is 0 Å². The number of pyridine rings is 1. The molecule has 1 aromatic heterocycles. The van der Waals surface area contributed by atoms with Crippen molar-refractivity contribution in [3.8, 4) is 17.7 Å². The first-order valence-electron chi connectivity index (χ1n) is 5.41. The topological polar surface area (TPSA) is 71.9 Å². The van der Waals surface area contributed by atoms with Crippen LogP contribution in [0.5, 0.6) is 11.6 Å². The highest BCUT2D eigenvalue weighted by Crippen LogP contribution is 2.38. The summed E-state index contributed by atoms with van der Waals surface area (Å²) in [5, 5.41) is 8.65. The van der Waals surface area contributed by atoms with E-state index in [0.29, 0.717) is 5.69 Å². The molecule has 102 valence electrons. The highest BCUT2D eigenvalue weighted by molar-refractivity contribution is 5.45. The van der Waals surface area contributed by atoms with E-state index in [1.54, 1.807) is 6.07 Å². The Balaban J connectivity index is 2.41. The minimum Gasteiger partial charge on any atom is -0.438 e. The molecule has 0 bridgehead atoms. The second kappa shape index (κ2) is 5.09. The van der Waals surface area contributed by atoms with Crippen LogP contribution in [0, 0.1) is 11.3 Å². The van der Waals surface area contributed by atoms with E-state index in [1.807, 2.05) is 0 Å². The number of benzene rings is 1. The fraction of sp³-hybridized carbons (Fsp3) is 0.0769. The second-order valence-corrected chi connectivity index (χ2v) is 3.85. The zero-order valence-electron chi connectivity index (χ0n) is 9.98. The summed E-state index contributed by atoms with van der Waals surface area (Å²) in [4.78, 5) is 3.76. The zero-order valence-corrected chi connectivity index (χ0v) is 9.98. The third-order valence-electron chi connectivity index (χ3n) is 2.39. The van der Waals surface area contributed by atoms with Gasteiger partial charge in [0.1, 0.15) is 5.75 Å². The first-order chi connectivity index (χ1) is 9.40. The molecule has 0 atom stereocenters. The normalized spacial score (nSPS) is 10.9. The summed E-state index contributed by atoms with van der Waals surface area (Å²) in [6.45, 7) is 0. The standard InChI is InChI=1S/C13H8F3N3O/c14-13(15,16)10-5-8(6-17)1-3-11(10)20-12-4-2-9(18)7-19-12/h1-5,7H,18H2. The van der Waals surface area contributed by atoms with Crippen molar-refractivity contribution in [2.24, 2.45) is 0 Å². The summed E-state index contributed by atoms with van der Waals surface area (Å²) in [5.41, 5.74) is 4.66. The number of ether oxygens (including phenoxy) is 1. The van der Waals surface area contributed by atoms with Gasteiger partial charge in [-0.1, -0.05) is 0 Å². The van der Waals surface area contributed by atoms with Gasteiger partial charge in [-0.25, -0.2) is 4.98 Å². The van der Waals surface area contributed by atoms with E-state index in [4.69, 9.17) is 15.7 Å². The van der Waals surface area contributed by atoms with Gasteiger partial charge in [0.25, 0.3) is 0 Å². The molecule has 0 saturated carbocycles. The molecule has 0 saturated heterocycles. The lowest BCUT2D eigenvalue weighted by Crippen LogP contribution is -2.08. The molecule has 0 aliphatic heterocycles. The molecule has 1 heterocycles. The maximum Gasteiger partial charge on any atom is 0.420 e. The quantitative estimate of drug-likeness (QED) is 0.915. The Hall–Kier alpha value is -2.75. The van der Waals surface area contributed by atoms with Crippen LogP contribution in [0.15, 0.2) is 36.5 Å². The number of nitrogens with two attached hydrogens (primary N) is 1. The van der Waals surface area contributed by atoms with Crippen molar-refractivity contribution in [3.05, 3.63) is 47.7 Å². The van der Waals surface area contributed by atoms with Crippen molar-refractivity contribution in [1.29, 1.82) is 5.26 Å². The number of hydrogen-bond acceptors (Lipinski definition) is 4. The van der Waals surface area contributed by atoms with Crippen molar-refractivity contribution in [2.45, 2.75) is 6.18 Å². The lowest BCUT2D eigenvalue weighted by molar-refractivity contribution is -0.138. The molecule has 0 unspecified atom stereocenters. The van der Waals surface area contributed by atoms with E-state index in [-0.39, 0.29) is 11.4 Å². The van der Waals surface area contributed by atoms with Crippen LogP contribution in [0.1, 0.15) is 11.1 Å². The van der Waals surface area contributed by atoms with Gasteiger partial charge in [-0.05, 0) is 24.3 Å². The van der Waals surface area contributed by atoms with Gasteiger partial charge in [-0.3, -0.25) is 0 Å². The van der Waals surface area contributed by atoms with Crippen LogP contribution in [0.3, 0.4) is 0 Å². The van der Waals surface area contributed by atoms with E-state index < -0.39 is 17.5 Å². The van der Waals surface area contributed by atoms with Crippen LogP contribution >= 0.6 is 0 Å². The SMILES string of the molecule is N#Cc1ccc(Oc2ccc(N)cn2)c(C(F)(F)F)c1. The maximum absolute atomic E-state index is 12.9. The van der Waals surface area contributed by atoms with Crippen LogP contribution in [0.25, 0.3) is 0 Å². The molecule has 0 amide bonds. The van der Waals surface area contributed by atoms with Gasteiger partial charge in [0.15, 0.2) is 0 Å². The molecular formula is C13H8F3N3O. The molecule has 2 N–H and O–H groups in total. The largest absolute Gasteiger partial charge is 0.438 e. The number of halogens is 3. The molecular weight excluding hydrogens is 271 g/mol.